The molecule has 156 valence electrons. The van der Waals surface area contributed by atoms with Crippen molar-refractivity contribution < 1.29 is 31.9 Å². The number of furan rings is 1. The molecule has 3 aromatic rings. The number of hydrogen-bond acceptors (Lipinski definition) is 5. The Morgan fingerprint density at radius 2 is 1.73 bits per heavy atom. The smallest absolute Gasteiger partial charge is 0.416 e. The summed E-state index contributed by atoms with van der Waals surface area (Å²) in [4.78, 5) is 12.3. The van der Waals surface area contributed by atoms with Crippen LogP contribution in [0.15, 0.2) is 64.1 Å². The van der Waals surface area contributed by atoms with Crippen molar-refractivity contribution in [3.8, 4) is 22.8 Å². The number of alkyl halides is 3. The number of rotatable bonds is 6. The Kier molecular flexibility index (Phi) is 6.10. The molecule has 0 aliphatic carbocycles. The molecule has 0 aliphatic rings. The number of nitrogens with zero attached hydrogens (tertiary/aromatic N) is 1. The highest BCUT2D eigenvalue weighted by Crippen LogP contribution is 2.32. The molecule has 0 saturated heterocycles. The monoisotopic (exact) mass is 418 g/mol. The Morgan fingerprint density at radius 1 is 1.03 bits per heavy atom. The Morgan fingerprint density at radius 3 is 2.37 bits per heavy atom. The Labute approximate surface area is 169 Å². The molecule has 0 spiro atoms. The first-order valence-corrected chi connectivity index (χ1v) is 8.64. The van der Waals surface area contributed by atoms with Crippen LogP contribution in [0.1, 0.15) is 21.7 Å². The predicted octanol–water partition coefficient (Wildman–Crippen LogP) is 4.75. The van der Waals surface area contributed by atoms with Gasteiger partial charge in [-0.05, 0) is 36.4 Å². The molecule has 1 heterocycles. The van der Waals surface area contributed by atoms with E-state index in [1.807, 2.05) is 0 Å². The Balaban J connectivity index is 1.70. The summed E-state index contributed by atoms with van der Waals surface area (Å²) in [5.41, 5.74) is 2.11. The zero-order valence-corrected chi connectivity index (χ0v) is 16.0. The summed E-state index contributed by atoms with van der Waals surface area (Å²) in [5.74, 6) is 0.880. The van der Waals surface area contributed by atoms with Crippen molar-refractivity contribution in [3.05, 3.63) is 71.5 Å². The van der Waals surface area contributed by atoms with E-state index in [9.17, 15) is 18.0 Å². The van der Waals surface area contributed by atoms with E-state index in [-0.39, 0.29) is 22.6 Å². The number of ether oxygens (including phenoxy) is 2. The van der Waals surface area contributed by atoms with Crippen LogP contribution in [0.2, 0.25) is 0 Å². The number of halogens is 3. The van der Waals surface area contributed by atoms with Gasteiger partial charge in [0, 0.05) is 17.2 Å². The van der Waals surface area contributed by atoms with Gasteiger partial charge in [0.05, 0.1) is 26.0 Å². The summed E-state index contributed by atoms with van der Waals surface area (Å²) in [7, 11) is 2.93. The summed E-state index contributed by atoms with van der Waals surface area (Å²) in [5, 5.41) is 3.81. The fourth-order valence-corrected chi connectivity index (χ4v) is 2.58. The van der Waals surface area contributed by atoms with Gasteiger partial charge in [-0.2, -0.15) is 18.3 Å². The molecule has 2 aromatic carbocycles. The molecule has 3 rings (SSSR count). The molecular formula is C21H17F3N2O4. The molecule has 1 N–H and O–H groups in total. The number of nitrogens with one attached hydrogen (secondary N) is 1. The van der Waals surface area contributed by atoms with Crippen LogP contribution in [-0.4, -0.2) is 26.3 Å². The molecule has 0 fully saturated rings. The van der Waals surface area contributed by atoms with Gasteiger partial charge < -0.3 is 13.9 Å². The molecule has 1 aromatic heterocycles. The molecular weight excluding hydrogens is 401 g/mol. The number of hydrogen-bond donors (Lipinski definition) is 1. The first-order chi connectivity index (χ1) is 14.3. The molecule has 1 amide bonds. The van der Waals surface area contributed by atoms with E-state index in [1.165, 1.54) is 56.8 Å². The van der Waals surface area contributed by atoms with Crippen molar-refractivity contribution in [2.24, 2.45) is 5.10 Å². The zero-order chi connectivity index (χ0) is 21.7. The second-order valence-corrected chi connectivity index (χ2v) is 6.08. The number of carbonyl (C=O) groups excluding carboxylic acids is 1. The minimum Gasteiger partial charge on any atom is -0.497 e. The fourth-order valence-electron chi connectivity index (χ4n) is 2.58. The number of carbonyl (C=O) groups is 1. The van der Waals surface area contributed by atoms with E-state index in [4.69, 9.17) is 13.9 Å². The van der Waals surface area contributed by atoms with Gasteiger partial charge in [-0.1, -0.05) is 12.1 Å². The highest BCUT2D eigenvalue weighted by Gasteiger charge is 2.30. The molecule has 0 unspecified atom stereocenters. The minimum absolute atomic E-state index is 0.242. The largest absolute Gasteiger partial charge is 0.497 e. The summed E-state index contributed by atoms with van der Waals surface area (Å²) in [6.45, 7) is 0. The number of methoxy groups -OCH3 is 2. The van der Waals surface area contributed by atoms with Gasteiger partial charge in [0.2, 0.25) is 0 Å². The van der Waals surface area contributed by atoms with Gasteiger partial charge in [0.15, 0.2) is 0 Å². The SMILES string of the molecule is COc1cc(OC)cc(C(=O)N/N=C\c2ccc(-c3cccc(C(F)(F)F)c3)o2)c1. The number of hydrazone groups is 1. The van der Waals surface area contributed by atoms with Crippen molar-refractivity contribution in [1.29, 1.82) is 0 Å². The van der Waals surface area contributed by atoms with Crippen LogP contribution in [-0.2, 0) is 6.18 Å². The van der Waals surface area contributed by atoms with Crippen LogP contribution >= 0.6 is 0 Å². The predicted molar refractivity (Wildman–Crippen MR) is 104 cm³/mol. The van der Waals surface area contributed by atoms with Gasteiger partial charge in [0.1, 0.15) is 23.0 Å². The average molecular weight is 418 g/mol. The summed E-state index contributed by atoms with van der Waals surface area (Å²) in [6, 6.07) is 12.5. The lowest BCUT2D eigenvalue weighted by atomic mass is 10.1. The van der Waals surface area contributed by atoms with Gasteiger partial charge in [-0.3, -0.25) is 4.79 Å². The Hall–Kier alpha value is -3.75. The lowest BCUT2D eigenvalue weighted by molar-refractivity contribution is -0.137. The van der Waals surface area contributed by atoms with E-state index >= 15 is 0 Å². The molecule has 6 nitrogen and oxygen atoms in total. The van der Waals surface area contributed by atoms with Gasteiger partial charge in [0.25, 0.3) is 5.91 Å². The highest BCUT2D eigenvalue weighted by atomic mass is 19.4. The number of benzene rings is 2. The second kappa shape index (κ2) is 8.73. The maximum absolute atomic E-state index is 12.9. The summed E-state index contributed by atoms with van der Waals surface area (Å²) in [6.07, 6.45) is -3.20. The molecule has 9 heteroatoms. The lowest BCUT2D eigenvalue weighted by Crippen LogP contribution is -2.17. The third kappa shape index (κ3) is 4.99. The van der Waals surface area contributed by atoms with Crippen molar-refractivity contribution in [2.75, 3.05) is 14.2 Å². The topological polar surface area (TPSA) is 73.1 Å². The fraction of sp³-hybridized carbons (Fsp3) is 0.143. The standard InChI is InChI=1S/C21H17F3N2O4/c1-28-17-9-14(10-18(11-17)29-2)20(27)26-25-12-16-6-7-19(30-16)13-4-3-5-15(8-13)21(22,23)24/h3-12H,1-2H3,(H,26,27)/b25-12-. The van der Waals surface area contributed by atoms with Gasteiger partial charge in [-0.25, -0.2) is 5.43 Å². The molecule has 30 heavy (non-hydrogen) atoms. The zero-order valence-electron chi connectivity index (χ0n) is 16.0. The van der Waals surface area contributed by atoms with Gasteiger partial charge in [-0.15, -0.1) is 0 Å². The van der Waals surface area contributed by atoms with Crippen LogP contribution < -0.4 is 14.9 Å². The van der Waals surface area contributed by atoms with E-state index < -0.39 is 17.6 Å². The van der Waals surface area contributed by atoms with E-state index in [1.54, 1.807) is 6.07 Å². The summed E-state index contributed by atoms with van der Waals surface area (Å²) < 4.78 is 54.3. The quantitative estimate of drug-likeness (QED) is 0.463. The van der Waals surface area contributed by atoms with Crippen LogP contribution in [0.4, 0.5) is 13.2 Å². The van der Waals surface area contributed by atoms with E-state index in [2.05, 4.69) is 10.5 Å². The highest BCUT2D eigenvalue weighted by molar-refractivity contribution is 5.95. The molecule has 0 atom stereocenters. The van der Waals surface area contributed by atoms with Crippen LogP contribution in [0.3, 0.4) is 0 Å². The first-order valence-electron chi connectivity index (χ1n) is 8.64. The van der Waals surface area contributed by atoms with Crippen LogP contribution in [0, 0.1) is 0 Å². The normalized spacial score (nSPS) is 11.5. The third-order valence-electron chi connectivity index (χ3n) is 4.07. The lowest BCUT2D eigenvalue weighted by Gasteiger charge is -2.07. The third-order valence-corrected chi connectivity index (χ3v) is 4.07. The maximum atomic E-state index is 12.9. The van der Waals surface area contributed by atoms with Crippen molar-refractivity contribution in [1.82, 2.24) is 5.43 Å². The molecule has 0 radical (unpaired) electrons. The van der Waals surface area contributed by atoms with Crippen molar-refractivity contribution in [2.45, 2.75) is 6.18 Å². The molecule has 0 bridgehead atoms. The molecule has 0 saturated carbocycles. The second-order valence-electron chi connectivity index (χ2n) is 6.08. The van der Waals surface area contributed by atoms with Crippen molar-refractivity contribution >= 4 is 12.1 Å². The Bertz CT molecular complexity index is 1050. The first kappa shape index (κ1) is 21.0. The summed E-state index contributed by atoms with van der Waals surface area (Å²) >= 11 is 0. The average Bonchev–Trinajstić information content (AvgIpc) is 3.21. The van der Waals surface area contributed by atoms with Crippen molar-refractivity contribution in [3.63, 3.8) is 0 Å². The van der Waals surface area contributed by atoms with Crippen LogP contribution in [0.25, 0.3) is 11.3 Å². The van der Waals surface area contributed by atoms with E-state index in [0.29, 0.717) is 11.5 Å². The van der Waals surface area contributed by atoms with Crippen LogP contribution in [0.5, 0.6) is 11.5 Å². The number of amides is 1. The van der Waals surface area contributed by atoms with Gasteiger partial charge >= 0.3 is 6.18 Å². The molecule has 0 aliphatic heterocycles. The minimum atomic E-state index is -4.44. The van der Waals surface area contributed by atoms with E-state index in [0.717, 1.165) is 12.1 Å². The maximum Gasteiger partial charge on any atom is 0.416 e.